The van der Waals surface area contributed by atoms with Gasteiger partial charge in [-0.2, -0.15) is 0 Å². The Hall–Kier alpha value is -1.11. The maximum absolute atomic E-state index is 11.6. The first kappa shape index (κ1) is 14.0. The third-order valence-corrected chi connectivity index (χ3v) is 3.66. The molecule has 1 rings (SSSR count). The first-order chi connectivity index (χ1) is 7.97. The minimum absolute atomic E-state index is 0.207. The summed E-state index contributed by atoms with van der Waals surface area (Å²) in [6, 6.07) is 0. The molecular weight excluding hydrogens is 208 g/mol. The van der Waals surface area contributed by atoms with Gasteiger partial charge >= 0.3 is 0 Å². The van der Waals surface area contributed by atoms with Crippen LogP contribution in [0, 0.1) is 11.3 Å². The summed E-state index contributed by atoms with van der Waals surface area (Å²) in [6.45, 7) is 10.4. The van der Waals surface area contributed by atoms with Crippen LogP contribution in [0.4, 0.5) is 0 Å². The van der Waals surface area contributed by atoms with Gasteiger partial charge in [0.05, 0.1) is 0 Å². The number of carbonyl (C=O) groups excluding carboxylic acids is 1. The van der Waals surface area contributed by atoms with Gasteiger partial charge in [-0.1, -0.05) is 37.6 Å². The van der Waals surface area contributed by atoms with Crippen molar-refractivity contribution in [3.8, 4) is 0 Å². The Morgan fingerprint density at radius 2 is 2.29 bits per heavy atom. The van der Waals surface area contributed by atoms with Gasteiger partial charge in [-0.15, -0.1) is 6.58 Å². The average Bonchev–Trinajstić information content (AvgIpc) is 2.24. The fourth-order valence-electron chi connectivity index (χ4n) is 2.51. The van der Waals surface area contributed by atoms with E-state index in [4.69, 9.17) is 0 Å². The molecule has 1 nitrogen and oxygen atoms in total. The van der Waals surface area contributed by atoms with E-state index in [0.717, 1.165) is 12.8 Å². The standard InChI is InChI=1S/C16H24O/c1-5-6-9-14(17)10-11-15-13(2)8-7-12-16(15,3)4/h5,8,10-11,15H,1,6-7,9,12H2,2-4H3/b11-10+/t15-/m1/s1. The zero-order valence-corrected chi connectivity index (χ0v) is 11.3. The highest BCUT2D eigenvalue weighted by atomic mass is 16.1. The highest BCUT2D eigenvalue weighted by Gasteiger charge is 2.30. The fourth-order valence-corrected chi connectivity index (χ4v) is 2.51. The van der Waals surface area contributed by atoms with E-state index in [1.54, 1.807) is 12.2 Å². The highest BCUT2D eigenvalue weighted by molar-refractivity contribution is 5.89. The first-order valence-electron chi connectivity index (χ1n) is 6.46. The van der Waals surface area contributed by atoms with Gasteiger partial charge in [-0.05, 0) is 37.7 Å². The van der Waals surface area contributed by atoms with Gasteiger partial charge in [0.1, 0.15) is 0 Å². The van der Waals surface area contributed by atoms with Crippen LogP contribution in [0.25, 0.3) is 0 Å². The van der Waals surface area contributed by atoms with Crippen LogP contribution >= 0.6 is 0 Å². The largest absolute Gasteiger partial charge is 0.295 e. The fraction of sp³-hybridized carbons (Fsp3) is 0.562. The quantitative estimate of drug-likeness (QED) is 0.505. The van der Waals surface area contributed by atoms with E-state index in [-0.39, 0.29) is 11.2 Å². The van der Waals surface area contributed by atoms with Gasteiger partial charge in [-0.3, -0.25) is 4.79 Å². The summed E-state index contributed by atoms with van der Waals surface area (Å²) in [5.74, 6) is 0.614. The number of hydrogen-bond donors (Lipinski definition) is 0. The molecular formula is C16H24O. The summed E-state index contributed by atoms with van der Waals surface area (Å²) in [6.07, 6.45) is 11.7. The Morgan fingerprint density at radius 3 is 2.88 bits per heavy atom. The Morgan fingerprint density at radius 1 is 1.59 bits per heavy atom. The molecule has 1 atom stereocenters. The molecule has 0 unspecified atom stereocenters. The molecule has 0 aromatic carbocycles. The highest BCUT2D eigenvalue weighted by Crippen LogP contribution is 2.41. The topological polar surface area (TPSA) is 17.1 Å². The Balaban J connectivity index is 2.68. The lowest BCUT2D eigenvalue weighted by Crippen LogP contribution is -2.26. The summed E-state index contributed by atoms with van der Waals surface area (Å²) in [5, 5.41) is 0. The van der Waals surface area contributed by atoms with Crippen molar-refractivity contribution in [1.29, 1.82) is 0 Å². The van der Waals surface area contributed by atoms with Gasteiger partial charge in [0, 0.05) is 12.3 Å². The van der Waals surface area contributed by atoms with Crippen molar-refractivity contribution in [1.82, 2.24) is 0 Å². The van der Waals surface area contributed by atoms with E-state index in [0.29, 0.717) is 12.3 Å². The smallest absolute Gasteiger partial charge is 0.155 e. The second kappa shape index (κ2) is 6.00. The second-order valence-electron chi connectivity index (χ2n) is 5.61. The molecule has 0 aliphatic heterocycles. The van der Waals surface area contributed by atoms with Crippen molar-refractivity contribution in [2.24, 2.45) is 11.3 Å². The molecule has 0 aromatic rings. The van der Waals surface area contributed by atoms with Crippen LogP contribution in [0.2, 0.25) is 0 Å². The number of allylic oxidation sites excluding steroid dienone is 5. The normalized spacial score (nSPS) is 23.5. The van der Waals surface area contributed by atoms with Crippen LogP contribution in [0.15, 0.2) is 36.5 Å². The SMILES string of the molecule is C=CCCC(=O)/C=C/[C@@H]1C(C)=CCCC1(C)C. The van der Waals surface area contributed by atoms with Gasteiger partial charge in [0.15, 0.2) is 5.78 Å². The summed E-state index contributed by atoms with van der Waals surface area (Å²) in [5.41, 5.74) is 1.67. The molecule has 0 spiro atoms. The number of rotatable bonds is 5. The minimum Gasteiger partial charge on any atom is -0.295 e. The average molecular weight is 232 g/mol. The van der Waals surface area contributed by atoms with Crippen LogP contribution in [-0.2, 0) is 4.79 Å². The van der Waals surface area contributed by atoms with Crippen LogP contribution in [0.3, 0.4) is 0 Å². The van der Waals surface area contributed by atoms with Crippen LogP contribution in [-0.4, -0.2) is 5.78 Å². The molecule has 1 aliphatic carbocycles. The molecule has 94 valence electrons. The molecule has 0 heterocycles. The number of ketones is 1. The summed E-state index contributed by atoms with van der Waals surface area (Å²) in [7, 11) is 0. The molecule has 0 fully saturated rings. The van der Waals surface area contributed by atoms with Crippen molar-refractivity contribution in [2.75, 3.05) is 0 Å². The maximum atomic E-state index is 11.6. The van der Waals surface area contributed by atoms with E-state index in [1.807, 2.05) is 0 Å². The van der Waals surface area contributed by atoms with E-state index < -0.39 is 0 Å². The van der Waals surface area contributed by atoms with Crippen LogP contribution in [0.5, 0.6) is 0 Å². The lowest BCUT2D eigenvalue weighted by Gasteiger charge is -2.36. The van der Waals surface area contributed by atoms with Gasteiger partial charge in [-0.25, -0.2) is 0 Å². The molecule has 0 N–H and O–H groups in total. The Bertz CT molecular complexity index is 345. The molecule has 0 radical (unpaired) electrons. The van der Waals surface area contributed by atoms with Gasteiger partial charge < -0.3 is 0 Å². The first-order valence-corrected chi connectivity index (χ1v) is 6.46. The maximum Gasteiger partial charge on any atom is 0.155 e. The molecule has 1 heteroatoms. The van der Waals surface area contributed by atoms with Crippen LogP contribution in [0.1, 0.15) is 46.5 Å². The predicted octanol–water partition coefficient (Wildman–Crippen LogP) is 4.46. The second-order valence-corrected chi connectivity index (χ2v) is 5.61. The van der Waals surface area contributed by atoms with E-state index in [1.165, 1.54) is 12.0 Å². The molecule has 0 aromatic heterocycles. The van der Waals surface area contributed by atoms with Crippen molar-refractivity contribution in [3.63, 3.8) is 0 Å². The third-order valence-electron chi connectivity index (χ3n) is 3.66. The molecule has 0 amide bonds. The molecule has 0 saturated heterocycles. The molecule has 0 saturated carbocycles. The predicted molar refractivity (Wildman–Crippen MR) is 73.8 cm³/mol. The zero-order valence-electron chi connectivity index (χ0n) is 11.3. The van der Waals surface area contributed by atoms with Gasteiger partial charge in [0.2, 0.25) is 0 Å². The van der Waals surface area contributed by atoms with Crippen LogP contribution < -0.4 is 0 Å². The minimum atomic E-state index is 0.207. The number of hydrogen-bond acceptors (Lipinski definition) is 1. The van der Waals surface area contributed by atoms with Crippen molar-refractivity contribution in [2.45, 2.75) is 46.5 Å². The summed E-state index contributed by atoms with van der Waals surface area (Å²) < 4.78 is 0. The van der Waals surface area contributed by atoms with E-state index in [9.17, 15) is 4.79 Å². The molecule has 17 heavy (non-hydrogen) atoms. The lowest BCUT2D eigenvalue weighted by molar-refractivity contribution is -0.114. The van der Waals surface area contributed by atoms with E-state index in [2.05, 4.69) is 39.5 Å². The third kappa shape index (κ3) is 3.99. The van der Waals surface area contributed by atoms with Crippen molar-refractivity contribution < 1.29 is 4.79 Å². The Labute approximate surface area is 105 Å². The lowest BCUT2D eigenvalue weighted by atomic mass is 9.68. The Kier molecular flexibility index (Phi) is 4.92. The molecule has 1 aliphatic rings. The zero-order chi connectivity index (χ0) is 12.9. The van der Waals surface area contributed by atoms with Crippen molar-refractivity contribution in [3.05, 3.63) is 36.5 Å². The van der Waals surface area contributed by atoms with Crippen molar-refractivity contribution >= 4 is 5.78 Å². The number of carbonyl (C=O) groups is 1. The van der Waals surface area contributed by atoms with Gasteiger partial charge in [0.25, 0.3) is 0 Å². The monoisotopic (exact) mass is 232 g/mol. The van der Waals surface area contributed by atoms with E-state index >= 15 is 0 Å². The summed E-state index contributed by atoms with van der Waals surface area (Å²) in [4.78, 5) is 11.6. The summed E-state index contributed by atoms with van der Waals surface area (Å²) >= 11 is 0. The molecule has 0 bridgehead atoms.